The number of fused-ring (bicyclic) bond motifs is 1. The molecule has 1 fully saturated rings. The van der Waals surface area contributed by atoms with E-state index < -0.39 is 10.0 Å². The summed E-state index contributed by atoms with van der Waals surface area (Å²) in [5.74, 6) is 0. The van der Waals surface area contributed by atoms with Crippen LogP contribution in [-0.4, -0.2) is 28.1 Å². The van der Waals surface area contributed by atoms with E-state index >= 15 is 0 Å². The maximum atomic E-state index is 12.5. The Labute approximate surface area is 144 Å². The summed E-state index contributed by atoms with van der Waals surface area (Å²) in [7, 11) is -3.47. The summed E-state index contributed by atoms with van der Waals surface area (Å²) in [5, 5.41) is 5.33. The Balaban J connectivity index is 0.00000192. The third kappa shape index (κ3) is 4.23. The minimum atomic E-state index is -3.47. The van der Waals surface area contributed by atoms with E-state index in [4.69, 9.17) is 0 Å². The Morgan fingerprint density at radius 2 is 1.91 bits per heavy atom. The topological polar surface area (TPSA) is 58.2 Å². The van der Waals surface area contributed by atoms with Gasteiger partial charge in [0.15, 0.2) is 0 Å². The van der Waals surface area contributed by atoms with Gasteiger partial charge >= 0.3 is 0 Å². The molecule has 1 saturated heterocycles. The Morgan fingerprint density at radius 1 is 1.17 bits per heavy atom. The van der Waals surface area contributed by atoms with Crippen LogP contribution in [-0.2, 0) is 10.0 Å². The summed E-state index contributed by atoms with van der Waals surface area (Å²) in [6, 6.07) is 13.0. The molecular formula is C17H23ClN2O2S. The summed E-state index contributed by atoms with van der Waals surface area (Å²) >= 11 is 0. The quantitative estimate of drug-likeness (QED) is 0.887. The predicted octanol–water partition coefficient (Wildman–Crippen LogP) is 2.93. The lowest BCUT2D eigenvalue weighted by atomic mass is 9.83. The van der Waals surface area contributed by atoms with Crippen LogP contribution in [0.3, 0.4) is 0 Å². The normalized spacial score (nSPS) is 21.8. The molecule has 4 nitrogen and oxygen atoms in total. The van der Waals surface area contributed by atoms with Crippen molar-refractivity contribution in [2.24, 2.45) is 5.41 Å². The SMILES string of the molecule is CC1(CNS(=O)(=O)c2ccc3ccccc3c2)CCCNC1.Cl. The minimum Gasteiger partial charge on any atom is -0.316 e. The highest BCUT2D eigenvalue weighted by molar-refractivity contribution is 7.89. The predicted molar refractivity (Wildman–Crippen MR) is 96.6 cm³/mol. The van der Waals surface area contributed by atoms with Crippen LogP contribution >= 0.6 is 12.4 Å². The van der Waals surface area contributed by atoms with Gasteiger partial charge in [0, 0.05) is 13.1 Å². The Bertz CT molecular complexity index is 771. The zero-order valence-electron chi connectivity index (χ0n) is 13.2. The van der Waals surface area contributed by atoms with Crippen molar-refractivity contribution >= 4 is 33.2 Å². The van der Waals surface area contributed by atoms with E-state index in [0.29, 0.717) is 11.4 Å². The molecule has 1 aliphatic heterocycles. The summed E-state index contributed by atoms with van der Waals surface area (Å²) < 4.78 is 27.8. The van der Waals surface area contributed by atoms with Gasteiger partial charge < -0.3 is 5.32 Å². The second-order valence-corrected chi connectivity index (χ2v) is 8.19. The monoisotopic (exact) mass is 354 g/mol. The van der Waals surface area contributed by atoms with Gasteiger partial charge in [0.05, 0.1) is 4.90 Å². The van der Waals surface area contributed by atoms with Gasteiger partial charge in [-0.05, 0) is 47.7 Å². The first kappa shape index (κ1) is 18.2. The van der Waals surface area contributed by atoms with Crippen LogP contribution in [0.5, 0.6) is 0 Å². The van der Waals surface area contributed by atoms with E-state index in [0.717, 1.165) is 36.7 Å². The molecule has 0 radical (unpaired) electrons. The molecule has 0 saturated carbocycles. The number of halogens is 1. The third-order valence-corrected chi connectivity index (χ3v) is 5.80. The molecular weight excluding hydrogens is 332 g/mol. The van der Waals surface area contributed by atoms with E-state index in [1.807, 2.05) is 30.3 Å². The molecule has 0 amide bonds. The van der Waals surface area contributed by atoms with Gasteiger partial charge in [-0.25, -0.2) is 13.1 Å². The number of hydrogen-bond donors (Lipinski definition) is 2. The van der Waals surface area contributed by atoms with Crippen molar-refractivity contribution in [3.63, 3.8) is 0 Å². The molecule has 1 aliphatic rings. The molecule has 2 aromatic rings. The van der Waals surface area contributed by atoms with Crippen molar-refractivity contribution in [3.8, 4) is 0 Å². The van der Waals surface area contributed by atoms with Crippen LogP contribution in [0.4, 0.5) is 0 Å². The van der Waals surface area contributed by atoms with Crippen molar-refractivity contribution in [3.05, 3.63) is 42.5 Å². The lowest BCUT2D eigenvalue weighted by molar-refractivity contribution is 0.238. The average molecular weight is 355 g/mol. The minimum absolute atomic E-state index is 0. The Morgan fingerprint density at radius 3 is 2.61 bits per heavy atom. The second kappa shape index (κ2) is 7.18. The number of benzene rings is 2. The molecule has 2 aromatic carbocycles. The zero-order valence-corrected chi connectivity index (χ0v) is 14.8. The van der Waals surface area contributed by atoms with Crippen molar-refractivity contribution in [1.82, 2.24) is 10.0 Å². The molecule has 23 heavy (non-hydrogen) atoms. The van der Waals surface area contributed by atoms with E-state index in [2.05, 4.69) is 17.0 Å². The number of piperidine rings is 1. The fourth-order valence-corrected chi connectivity index (χ4v) is 4.19. The van der Waals surface area contributed by atoms with Gasteiger partial charge in [0.2, 0.25) is 10.0 Å². The lowest BCUT2D eigenvalue weighted by Crippen LogP contribution is -2.45. The molecule has 1 atom stereocenters. The number of nitrogens with one attached hydrogen (secondary N) is 2. The van der Waals surface area contributed by atoms with Crippen LogP contribution in [0.15, 0.2) is 47.4 Å². The van der Waals surface area contributed by atoms with Gasteiger partial charge in [-0.2, -0.15) is 0 Å². The molecule has 0 bridgehead atoms. The first-order chi connectivity index (χ1) is 10.5. The van der Waals surface area contributed by atoms with Crippen LogP contribution in [0, 0.1) is 5.41 Å². The maximum absolute atomic E-state index is 12.5. The summed E-state index contributed by atoms with van der Waals surface area (Å²) in [5.41, 5.74) is -0.0117. The van der Waals surface area contributed by atoms with Gasteiger partial charge in [-0.3, -0.25) is 0 Å². The maximum Gasteiger partial charge on any atom is 0.240 e. The highest BCUT2D eigenvalue weighted by Gasteiger charge is 2.28. The van der Waals surface area contributed by atoms with Crippen LogP contribution in [0.2, 0.25) is 0 Å². The highest BCUT2D eigenvalue weighted by atomic mass is 35.5. The summed E-state index contributed by atoms with van der Waals surface area (Å²) in [6.45, 7) is 4.47. The first-order valence-corrected chi connectivity index (χ1v) is 9.16. The number of rotatable bonds is 4. The molecule has 126 valence electrons. The molecule has 3 rings (SSSR count). The number of hydrogen-bond acceptors (Lipinski definition) is 3. The van der Waals surface area contributed by atoms with E-state index in [-0.39, 0.29) is 17.8 Å². The van der Waals surface area contributed by atoms with Gasteiger partial charge in [-0.15, -0.1) is 12.4 Å². The molecule has 0 spiro atoms. The lowest BCUT2D eigenvalue weighted by Gasteiger charge is -2.34. The van der Waals surface area contributed by atoms with E-state index in [1.54, 1.807) is 12.1 Å². The molecule has 2 N–H and O–H groups in total. The molecule has 0 aliphatic carbocycles. The second-order valence-electron chi connectivity index (χ2n) is 6.42. The molecule has 1 unspecified atom stereocenters. The molecule has 0 aromatic heterocycles. The van der Waals surface area contributed by atoms with Gasteiger partial charge in [0.25, 0.3) is 0 Å². The fourth-order valence-electron chi connectivity index (χ4n) is 2.96. The van der Waals surface area contributed by atoms with Crippen molar-refractivity contribution in [1.29, 1.82) is 0 Å². The van der Waals surface area contributed by atoms with Crippen LogP contribution < -0.4 is 10.0 Å². The van der Waals surface area contributed by atoms with E-state index in [1.165, 1.54) is 0 Å². The molecule has 1 heterocycles. The zero-order chi connectivity index (χ0) is 15.6. The highest BCUT2D eigenvalue weighted by Crippen LogP contribution is 2.25. The van der Waals surface area contributed by atoms with Crippen molar-refractivity contribution in [2.45, 2.75) is 24.7 Å². The van der Waals surface area contributed by atoms with Crippen molar-refractivity contribution in [2.75, 3.05) is 19.6 Å². The van der Waals surface area contributed by atoms with Crippen LogP contribution in [0.1, 0.15) is 19.8 Å². The molecule has 6 heteroatoms. The Hall–Kier alpha value is -1.14. The third-order valence-electron chi connectivity index (χ3n) is 4.41. The summed E-state index contributed by atoms with van der Waals surface area (Å²) in [4.78, 5) is 0.332. The van der Waals surface area contributed by atoms with Crippen molar-refractivity contribution < 1.29 is 8.42 Å². The number of sulfonamides is 1. The van der Waals surface area contributed by atoms with Gasteiger partial charge in [-0.1, -0.05) is 37.3 Å². The van der Waals surface area contributed by atoms with Crippen LogP contribution in [0.25, 0.3) is 10.8 Å². The first-order valence-electron chi connectivity index (χ1n) is 7.68. The average Bonchev–Trinajstić information content (AvgIpc) is 2.53. The Kier molecular flexibility index (Phi) is 5.68. The smallest absolute Gasteiger partial charge is 0.240 e. The largest absolute Gasteiger partial charge is 0.316 e. The summed E-state index contributed by atoms with van der Waals surface area (Å²) in [6.07, 6.45) is 2.13. The van der Waals surface area contributed by atoms with E-state index in [9.17, 15) is 8.42 Å². The van der Waals surface area contributed by atoms with Gasteiger partial charge in [0.1, 0.15) is 0 Å². The fraction of sp³-hybridized carbons (Fsp3) is 0.412. The standard InChI is InChI=1S/C17H22N2O2S.ClH/c1-17(9-4-10-18-12-17)13-19-22(20,21)16-8-7-14-5-2-3-6-15(14)11-16;/h2-3,5-8,11,18-19H,4,9-10,12-13H2,1H3;1H.